The highest BCUT2D eigenvalue weighted by Gasteiger charge is 2.55. The molecule has 4 aliphatic heterocycles. The van der Waals surface area contributed by atoms with Gasteiger partial charge in [0.25, 0.3) is 0 Å². The molecule has 0 saturated heterocycles. The average Bonchev–Trinajstić information content (AvgIpc) is 3.70. The number of rotatable bonds is 7. The maximum absolute atomic E-state index is 14.5. The molecule has 11 N–H and O–H groups in total. The first kappa shape index (κ1) is 41.8. The summed E-state index contributed by atoms with van der Waals surface area (Å²) in [7, 11) is 0. The van der Waals surface area contributed by atoms with Crippen LogP contribution in [0.1, 0.15) is 98.6 Å². The zero-order chi connectivity index (χ0) is 43.7. The summed E-state index contributed by atoms with van der Waals surface area (Å²) >= 11 is 0. The Labute approximate surface area is 359 Å². The largest absolute Gasteiger partial charge is 0.508 e. The SMILES string of the molecule is CC=C(C(=O)OC1Cc2c3c(c4oc(CO)cc(=O)c4c2O)C2C4=CCNC(N)=C4C(CCc4ccc(O)cc4C2CO)CC(CC2=CNC(N)C=C2)C1(C)O3)C1(O)CCCC1. The standard InChI is InChI=1S/C48H56N4O10/c1-3-34(48(59)13-4-5-14-48)46(58)61-36-20-32-42(57)40-35(56)19-29(22-53)60-44(40)41-39-30-12-15-51-45(50)38(30)26(8-7-25-9-10-28(55)18-31(25)33(39)23-54)17-27(47(36,2)62-43(32)41)16-24-6-11-37(49)52-21-24/h3,6,9-12,18-19,21,26-27,33,36-37,39,51-55,57,59H,4-5,7-8,13-17,20,22-23,49-50H2,1-2H3. The zero-order valence-electron chi connectivity index (χ0n) is 35.1. The number of allylic oxidation sites excluding steroid dienone is 5. The molecule has 14 nitrogen and oxygen atoms in total. The number of benzene rings is 2. The summed E-state index contributed by atoms with van der Waals surface area (Å²) in [6.45, 7) is 2.95. The first-order valence-corrected chi connectivity index (χ1v) is 21.8. The number of aryl methyl sites for hydroxylation is 1. The van der Waals surface area contributed by atoms with E-state index in [1.165, 1.54) is 0 Å². The van der Waals surface area contributed by atoms with E-state index >= 15 is 0 Å². The van der Waals surface area contributed by atoms with Crippen LogP contribution in [0.15, 0.2) is 92.1 Å². The molecule has 0 spiro atoms. The van der Waals surface area contributed by atoms with E-state index in [1.807, 2.05) is 37.4 Å². The summed E-state index contributed by atoms with van der Waals surface area (Å²) in [6, 6.07) is 6.32. The first-order valence-electron chi connectivity index (χ1n) is 21.8. The number of phenolic OH excluding ortho intramolecular Hbond substituents is 2. The minimum absolute atomic E-state index is 0.0146. The Balaban J connectivity index is 1.37. The van der Waals surface area contributed by atoms with Gasteiger partial charge < -0.3 is 61.5 Å². The Bertz CT molecular complexity index is 2550. The summed E-state index contributed by atoms with van der Waals surface area (Å²) in [6.07, 6.45) is 12.3. The summed E-state index contributed by atoms with van der Waals surface area (Å²) in [5.74, 6) is -2.77. The number of hydrogen-bond acceptors (Lipinski definition) is 14. The number of carbonyl (C=O) groups is 1. The number of aliphatic hydroxyl groups is 3. The molecule has 0 amide bonds. The number of aliphatic hydroxyl groups excluding tert-OH is 2. The van der Waals surface area contributed by atoms with Gasteiger partial charge in [0, 0.05) is 54.1 Å². The number of aromatic hydroxyl groups is 2. The van der Waals surface area contributed by atoms with E-state index in [0.717, 1.165) is 41.2 Å². The van der Waals surface area contributed by atoms with E-state index < -0.39 is 65.4 Å². The number of phenols is 2. The molecule has 328 valence electrons. The van der Waals surface area contributed by atoms with Gasteiger partial charge in [-0.3, -0.25) is 4.79 Å². The van der Waals surface area contributed by atoms with Crippen LogP contribution in [-0.2, 0) is 29.0 Å². The second-order valence-corrected chi connectivity index (χ2v) is 18.0. The summed E-state index contributed by atoms with van der Waals surface area (Å²) in [5, 5.41) is 63.5. The normalized spacial score (nSPS) is 28.8. The topological polar surface area (TPSA) is 243 Å². The lowest BCUT2D eigenvalue weighted by Gasteiger charge is -2.50. The average molecular weight is 849 g/mol. The number of fused-ring (bicyclic) bond motifs is 5. The second-order valence-electron chi connectivity index (χ2n) is 18.0. The van der Waals surface area contributed by atoms with Crippen molar-refractivity contribution in [2.75, 3.05) is 13.2 Å². The van der Waals surface area contributed by atoms with Crippen molar-refractivity contribution < 1.29 is 44.2 Å². The van der Waals surface area contributed by atoms with Crippen LogP contribution < -0.4 is 32.3 Å². The van der Waals surface area contributed by atoms with Gasteiger partial charge in [0.2, 0.25) is 0 Å². The molecule has 2 aromatic carbocycles. The van der Waals surface area contributed by atoms with Gasteiger partial charge in [-0.05, 0) is 104 Å². The number of esters is 1. The van der Waals surface area contributed by atoms with Crippen molar-refractivity contribution in [3.8, 4) is 17.2 Å². The summed E-state index contributed by atoms with van der Waals surface area (Å²) < 4.78 is 20.5. The van der Waals surface area contributed by atoms with Crippen molar-refractivity contribution in [2.45, 2.75) is 114 Å². The molecular formula is C48H56N4O10. The quantitative estimate of drug-likeness (QED) is 0.118. The van der Waals surface area contributed by atoms with Crippen molar-refractivity contribution in [1.82, 2.24) is 10.6 Å². The highest BCUT2D eigenvalue weighted by molar-refractivity contribution is 5.93. The minimum atomic E-state index is -1.36. The zero-order valence-corrected chi connectivity index (χ0v) is 35.1. The van der Waals surface area contributed by atoms with E-state index in [9.17, 15) is 35.1 Å². The van der Waals surface area contributed by atoms with Crippen LogP contribution in [0.2, 0.25) is 0 Å². The molecule has 0 radical (unpaired) electrons. The molecule has 7 atom stereocenters. The molecule has 62 heavy (non-hydrogen) atoms. The van der Waals surface area contributed by atoms with E-state index in [1.54, 1.807) is 25.1 Å². The van der Waals surface area contributed by atoms with Gasteiger partial charge in [0.1, 0.15) is 58.1 Å². The highest BCUT2D eigenvalue weighted by atomic mass is 16.6. The van der Waals surface area contributed by atoms with Crippen molar-refractivity contribution >= 4 is 16.9 Å². The molecular weight excluding hydrogens is 793 g/mol. The lowest BCUT2D eigenvalue weighted by Crippen LogP contribution is -2.57. The van der Waals surface area contributed by atoms with Crippen molar-refractivity contribution in [1.29, 1.82) is 0 Å². The monoisotopic (exact) mass is 848 g/mol. The molecule has 1 saturated carbocycles. The van der Waals surface area contributed by atoms with Crippen LogP contribution in [0.4, 0.5) is 0 Å². The van der Waals surface area contributed by atoms with Gasteiger partial charge in [-0.2, -0.15) is 0 Å². The maximum atomic E-state index is 14.5. The van der Waals surface area contributed by atoms with Crippen LogP contribution in [0, 0.1) is 11.8 Å². The molecule has 6 aliphatic rings. The molecule has 1 fully saturated rings. The number of nitrogens with two attached hydrogens (primary N) is 2. The molecule has 4 bridgehead atoms. The van der Waals surface area contributed by atoms with Crippen molar-refractivity contribution in [2.24, 2.45) is 23.3 Å². The van der Waals surface area contributed by atoms with E-state index in [-0.39, 0.29) is 57.9 Å². The number of dihydropyridines is 2. The predicted octanol–water partition coefficient (Wildman–Crippen LogP) is 4.41. The molecule has 3 aromatic rings. The fourth-order valence-electron chi connectivity index (χ4n) is 11.3. The van der Waals surface area contributed by atoms with Gasteiger partial charge in [0.15, 0.2) is 5.43 Å². The van der Waals surface area contributed by atoms with E-state index in [4.69, 9.17) is 25.4 Å². The highest BCUT2D eigenvalue weighted by Crippen LogP contribution is 2.59. The number of carbonyl (C=O) groups excluding carboxylic acids is 1. The summed E-state index contributed by atoms with van der Waals surface area (Å²) in [4.78, 5) is 28.8. The van der Waals surface area contributed by atoms with Crippen molar-refractivity contribution in [3.05, 3.63) is 121 Å². The molecule has 1 aromatic heterocycles. The fraction of sp³-hybridized carbons (Fsp3) is 0.458. The number of ether oxygens (including phenoxy) is 2. The lowest BCUT2D eigenvalue weighted by molar-refractivity contribution is -0.167. The van der Waals surface area contributed by atoms with Gasteiger partial charge in [0.05, 0.1) is 23.9 Å². The van der Waals surface area contributed by atoms with Gasteiger partial charge >= 0.3 is 5.97 Å². The predicted molar refractivity (Wildman–Crippen MR) is 231 cm³/mol. The molecule has 9 rings (SSSR count). The Kier molecular flexibility index (Phi) is 10.8. The van der Waals surface area contributed by atoms with Crippen molar-refractivity contribution in [3.63, 3.8) is 0 Å². The lowest BCUT2D eigenvalue weighted by atomic mass is 9.65. The third-order valence-electron chi connectivity index (χ3n) is 14.5. The fourth-order valence-corrected chi connectivity index (χ4v) is 11.3. The van der Waals surface area contributed by atoms with Crippen LogP contribution in [0.5, 0.6) is 17.2 Å². The molecule has 7 unspecified atom stereocenters. The maximum Gasteiger partial charge on any atom is 0.337 e. The van der Waals surface area contributed by atoms with Crippen LogP contribution in [0.3, 0.4) is 0 Å². The third-order valence-corrected chi connectivity index (χ3v) is 14.5. The van der Waals surface area contributed by atoms with E-state index in [2.05, 4.69) is 10.6 Å². The Morgan fingerprint density at radius 2 is 1.94 bits per heavy atom. The molecule has 14 heteroatoms. The Hall–Kier alpha value is -5.54. The van der Waals surface area contributed by atoms with Crippen LogP contribution in [0.25, 0.3) is 11.0 Å². The second kappa shape index (κ2) is 16.0. The van der Waals surface area contributed by atoms with Gasteiger partial charge in [-0.1, -0.05) is 37.1 Å². The number of hydrogen-bond donors (Lipinski definition) is 9. The molecule has 2 aliphatic carbocycles. The van der Waals surface area contributed by atoms with Gasteiger partial charge in [-0.15, -0.1) is 0 Å². The summed E-state index contributed by atoms with van der Waals surface area (Å²) in [5.41, 5.74) is 14.8. The number of nitrogens with one attached hydrogen (secondary N) is 2. The Morgan fingerprint density at radius 3 is 2.65 bits per heavy atom. The Morgan fingerprint density at radius 1 is 1.15 bits per heavy atom. The van der Waals surface area contributed by atoms with Crippen LogP contribution >= 0.6 is 0 Å². The molecule has 5 heterocycles. The van der Waals surface area contributed by atoms with E-state index in [0.29, 0.717) is 62.0 Å². The third kappa shape index (κ3) is 6.88. The van der Waals surface area contributed by atoms with Crippen LogP contribution in [-0.4, -0.2) is 68.1 Å². The van der Waals surface area contributed by atoms with Gasteiger partial charge in [-0.25, -0.2) is 4.79 Å². The first-order chi connectivity index (χ1) is 29.8. The minimum Gasteiger partial charge on any atom is -0.508 e. The smallest absolute Gasteiger partial charge is 0.337 e.